The molecule has 0 aliphatic heterocycles. The number of aryl methyl sites for hydroxylation is 1. The monoisotopic (exact) mass is 241 g/mol. The quantitative estimate of drug-likeness (QED) is 0.849. The van der Waals surface area contributed by atoms with E-state index in [1.807, 2.05) is 25.1 Å². The smallest absolute Gasteiger partial charge is 0.147 e. The molecule has 90 valence electrons. The van der Waals surface area contributed by atoms with Gasteiger partial charge in [-0.1, -0.05) is 29.8 Å². The van der Waals surface area contributed by atoms with E-state index in [-0.39, 0.29) is 11.7 Å². The fourth-order valence-corrected chi connectivity index (χ4v) is 2.41. The van der Waals surface area contributed by atoms with Gasteiger partial charge in [-0.2, -0.15) is 0 Å². The van der Waals surface area contributed by atoms with Crippen molar-refractivity contribution < 1.29 is 8.42 Å². The zero-order chi connectivity index (χ0) is 12.2. The summed E-state index contributed by atoms with van der Waals surface area (Å²) in [5.74, 6) is 0.331. The maximum atomic E-state index is 11.1. The fraction of sp³-hybridized carbons (Fsp3) is 0.500. The van der Waals surface area contributed by atoms with Gasteiger partial charge in [0.1, 0.15) is 9.84 Å². The first kappa shape index (κ1) is 13.2. The highest BCUT2D eigenvalue weighted by Gasteiger charge is 2.12. The second-order valence-corrected chi connectivity index (χ2v) is 6.53. The van der Waals surface area contributed by atoms with Crippen molar-refractivity contribution in [3.8, 4) is 0 Å². The lowest BCUT2D eigenvalue weighted by molar-refractivity contribution is 0.590. The normalized spacial score (nSPS) is 13.7. The molecule has 2 N–H and O–H groups in total. The van der Waals surface area contributed by atoms with Crippen molar-refractivity contribution >= 4 is 9.84 Å². The van der Waals surface area contributed by atoms with Crippen LogP contribution in [0.4, 0.5) is 0 Å². The van der Waals surface area contributed by atoms with Crippen molar-refractivity contribution in [3.63, 3.8) is 0 Å². The van der Waals surface area contributed by atoms with Crippen molar-refractivity contribution in [2.75, 3.05) is 18.6 Å². The van der Waals surface area contributed by atoms with Gasteiger partial charge < -0.3 is 5.73 Å². The highest BCUT2D eigenvalue weighted by molar-refractivity contribution is 7.90. The Labute approximate surface area is 97.6 Å². The van der Waals surface area contributed by atoms with Crippen molar-refractivity contribution in [2.45, 2.75) is 19.3 Å². The largest absolute Gasteiger partial charge is 0.330 e. The summed E-state index contributed by atoms with van der Waals surface area (Å²) in [6.45, 7) is 2.51. The van der Waals surface area contributed by atoms with Crippen LogP contribution in [0.5, 0.6) is 0 Å². The first-order valence-electron chi connectivity index (χ1n) is 5.37. The van der Waals surface area contributed by atoms with Crippen LogP contribution in [0.15, 0.2) is 24.3 Å². The molecule has 0 radical (unpaired) electrons. The summed E-state index contributed by atoms with van der Waals surface area (Å²) in [6, 6.07) is 8.08. The SMILES string of the molecule is Cc1cccc(C(CN)CCS(C)(=O)=O)c1. The van der Waals surface area contributed by atoms with E-state index < -0.39 is 9.84 Å². The third-order valence-corrected chi connectivity index (χ3v) is 3.61. The average molecular weight is 241 g/mol. The van der Waals surface area contributed by atoms with E-state index in [0.29, 0.717) is 13.0 Å². The van der Waals surface area contributed by atoms with Gasteiger partial charge in [0.05, 0.1) is 5.75 Å². The van der Waals surface area contributed by atoms with Crippen molar-refractivity contribution in [1.82, 2.24) is 0 Å². The Hall–Kier alpha value is -0.870. The maximum absolute atomic E-state index is 11.1. The average Bonchev–Trinajstić information content (AvgIpc) is 2.17. The summed E-state index contributed by atoms with van der Waals surface area (Å²) >= 11 is 0. The molecule has 4 heteroatoms. The van der Waals surface area contributed by atoms with E-state index in [2.05, 4.69) is 6.07 Å². The number of nitrogens with two attached hydrogens (primary N) is 1. The summed E-state index contributed by atoms with van der Waals surface area (Å²) in [7, 11) is -2.90. The second kappa shape index (κ2) is 5.46. The Morgan fingerprint density at radius 2 is 2.06 bits per heavy atom. The first-order chi connectivity index (χ1) is 7.42. The summed E-state index contributed by atoms with van der Waals surface area (Å²) in [5, 5.41) is 0. The zero-order valence-electron chi connectivity index (χ0n) is 9.81. The van der Waals surface area contributed by atoms with Crippen LogP contribution in [0, 0.1) is 6.92 Å². The van der Waals surface area contributed by atoms with Gasteiger partial charge in [0.2, 0.25) is 0 Å². The van der Waals surface area contributed by atoms with E-state index in [9.17, 15) is 8.42 Å². The van der Waals surface area contributed by atoms with Crippen LogP contribution >= 0.6 is 0 Å². The molecule has 0 saturated carbocycles. The fourth-order valence-electron chi connectivity index (χ4n) is 1.70. The van der Waals surface area contributed by atoms with Gasteiger partial charge in [-0.05, 0) is 31.4 Å². The topological polar surface area (TPSA) is 60.2 Å². The Bertz CT molecular complexity index is 440. The predicted molar refractivity (Wildman–Crippen MR) is 67.3 cm³/mol. The minimum Gasteiger partial charge on any atom is -0.330 e. The second-order valence-electron chi connectivity index (χ2n) is 4.27. The van der Waals surface area contributed by atoms with E-state index in [4.69, 9.17) is 5.73 Å². The number of rotatable bonds is 5. The van der Waals surface area contributed by atoms with Crippen LogP contribution in [-0.4, -0.2) is 27.0 Å². The van der Waals surface area contributed by atoms with Crippen LogP contribution in [0.2, 0.25) is 0 Å². The van der Waals surface area contributed by atoms with Crippen LogP contribution in [0.3, 0.4) is 0 Å². The molecule has 0 bridgehead atoms. The van der Waals surface area contributed by atoms with Gasteiger partial charge in [0.25, 0.3) is 0 Å². The van der Waals surface area contributed by atoms with Crippen LogP contribution < -0.4 is 5.73 Å². The van der Waals surface area contributed by atoms with Gasteiger partial charge in [0.15, 0.2) is 0 Å². The molecule has 0 spiro atoms. The van der Waals surface area contributed by atoms with Gasteiger partial charge >= 0.3 is 0 Å². The molecule has 16 heavy (non-hydrogen) atoms. The zero-order valence-corrected chi connectivity index (χ0v) is 10.6. The molecule has 0 aromatic heterocycles. The number of hydrogen-bond acceptors (Lipinski definition) is 3. The lowest BCUT2D eigenvalue weighted by Gasteiger charge is -2.15. The van der Waals surface area contributed by atoms with Crippen molar-refractivity contribution in [3.05, 3.63) is 35.4 Å². The molecule has 3 nitrogen and oxygen atoms in total. The molecule has 0 fully saturated rings. The number of sulfone groups is 1. The van der Waals surface area contributed by atoms with E-state index >= 15 is 0 Å². The predicted octanol–water partition coefficient (Wildman–Crippen LogP) is 1.47. The first-order valence-corrected chi connectivity index (χ1v) is 7.43. The minimum atomic E-state index is -2.90. The van der Waals surface area contributed by atoms with E-state index in [1.165, 1.54) is 11.8 Å². The van der Waals surface area contributed by atoms with Crippen LogP contribution in [-0.2, 0) is 9.84 Å². The van der Waals surface area contributed by atoms with E-state index in [0.717, 1.165) is 5.56 Å². The molecule has 1 aromatic rings. The standard InChI is InChI=1S/C12H19NO2S/c1-10-4-3-5-11(8-10)12(9-13)6-7-16(2,14)15/h3-5,8,12H,6-7,9,13H2,1-2H3. The van der Waals surface area contributed by atoms with Gasteiger partial charge in [0, 0.05) is 6.26 Å². The molecule has 0 aliphatic rings. The Morgan fingerprint density at radius 3 is 2.56 bits per heavy atom. The van der Waals surface area contributed by atoms with Crippen LogP contribution in [0.1, 0.15) is 23.5 Å². The summed E-state index contributed by atoms with van der Waals surface area (Å²) in [6.07, 6.45) is 1.86. The number of hydrogen-bond donors (Lipinski definition) is 1. The Kier molecular flexibility index (Phi) is 4.50. The summed E-state index contributed by atoms with van der Waals surface area (Å²) < 4.78 is 22.2. The molecule has 1 rings (SSSR count). The molecule has 1 unspecified atom stereocenters. The summed E-state index contributed by atoms with van der Waals surface area (Å²) in [4.78, 5) is 0. The van der Waals surface area contributed by atoms with Crippen molar-refractivity contribution in [1.29, 1.82) is 0 Å². The lowest BCUT2D eigenvalue weighted by atomic mass is 9.95. The summed E-state index contributed by atoms with van der Waals surface area (Å²) in [5.41, 5.74) is 8.00. The molecule has 0 heterocycles. The maximum Gasteiger partial charge on any atom is 0.147 e. The Morgan fingerprint density at radius 1 is 1.38 bits per heavy atom. The van der Waals surface area contributed by atoms with Gasteiger partial charge in [-0.3, -0.25) is 0 Å². The van der Waals surface area contributed by atoms with Gasteiger partial charge in [-0.25, -0.2) is 8.42 Å². The van der Waals surface area contributed by atoms with E-state index in [1.54, 1.807) is 0 Å². The molecular formula is C12H19NO2S. The van der Waals surface area contributed by atoms with Crippen molar-refractivity contribution in [2.24, 2.45) is 5.73 Å². The van der Waals surface area contributed by atoms with Gasteiger partial charge in [-0.15, -0.1) is 0 Å². The third kappa shape index (κ3) is 4.33. The number of benzene rings is 1. The highest BCUT2D eigenvalue weighted by atomic mass is 32.2. The molecule has 1 aromatic carbocycles. The molecular weight excluding hydrogens is 222 g/mol. The molecule has 0 amide bonds. The Balaban J connectivity index is 2.75. The molecule has 1 atom stereocenters. The molecule has 0 aliphatic carbocycles. The van der Waals surface area contributed by atoms with Crippen LogP contribution in [0.25, 0.3) is 0 Å². The minimum absolute atomic E-state index is 0.134. The molecule has 0 saturated heterocycles. The third-order valence-electron chi connectivity index (χ3n) is 2.64. The lowest BCUT2D eigenvalue weighted by Crippen LogP contribution is -2.16. The highest BCUT2D eigenvalue weighted by Crippen LogP contribution is 2.20.